The molecule has 0 spiro atoms. The molecular weight excluding hydrogens is 200 g/mol. The molecule has 0 heterocycles. The minimum atomic E-state index is -1.11. The third kappa shape index (κ3) is 1.90. The fraction of sp³-hybridized carbons (Fsp3) is 0.500. The van der Waals surface area contributed by atoms with Crippen LogP contribution in [0.5, 0.6) is 0 Å². The highest BCUT2D eigenvalue weighted by Gasteiger charge is 2.39. The number of benzene rings is 1. The van der Waals surface area contributed by atoms with Crippen LogP contribution in [0, 0.1) is 0 Å². The Balaban J connectivity index is 2.27. The number of ketones is 1. The van der Waals surface area contributed by atoms with Crippen LogP contribution in [0.1, 0.15) is 48.5 Å². The van der Waals surface area contributed by atoms with Gasteiger partial charge < -0.3 is 5.11 Å². The van der Waals surface area contributed by atoms with Gasteiger partial charge in [0.15, 0.2) is 5.78 Å². The molecule has 0 saturated heterocycles. The largest absolute Gasteiger partial charge is 0.382 e. The highest BCUT2D eigenvalue weighted by molar-refractivity contribution is 6.04. The highest BCUT2D eigenvalue weighted by Crippen LogP contribution is 2.32. The smallest absolute Gasteiger partial charge is 0.194 e. The minimum Gasteiger partial charge on any atom is -0.382 e. The molecule has 2 nitrogen and oxygen atoms in total. The summed E-state index contributed by atoms with van der Waals surface area (Å²) < 4.78 is 0. The van der Waals surface area contributed by atoms with Crippen LogP contribution in [-0.2, 0) is 6.42 Å². The minimum absolute atomic E-state index is 0.0807. The molecule has 16 heavy (non-hydrogen) atoms. The zero-order valence-corrected chi connectivity index (χ0v) is 9.70. The molecule has 86 valence electrons. The predicted octanol–water partition coefficient (Wildman–Crippen LogP) is 2.74. The van der Waals surface area contributed by atoms with Gasteiger partial charge >= 0.3 is 0 Å². The van der Waals surface area contributed by atoms with Crippen LogP contribution in [0.3, 0.4) is 0 Å². The molecular formula is C14H18O2. The van der Waals surface area contributed by atoms with Crippen molar-refractivity contribution in [2.45, 2.75) is 44.6 Å². The fourth-order valence-electron chi connectivity index (χ4n) is 2.37. The average molecular weight is 218 g/mol. The Morgan fingerprint density at radius 3 is 2.88 bits per heavy atom. The second-order valence-corrected chi connectivity index (χ2v) is 4.62. The van der Waals surface area contributed by atoms with E-state index in [1.54, 1.807) is 0 Å². The number of rotatable bonds is 3. The van der Waals surface area contributed by atoms with Gasteiger partial charge in [0, 0.05) is 5.56 Å². The molecule has 0 aliphatic heterocycles. The van der Waals surface area contributed by atoms with Crippen molar-refractivity contribution in [1.82, 2.24) is 0 Å². The van der Waals surface area contributed by atoms with Crippen molar-refractivity contribution in [3.8, 4) is 0 Å². The van der Waals surface area contributed by atoms with E-state index in [2.05, 4.69) is 6.92 Å². The molecule has 0 aromatic heterocycles. The van der Waals surface area contributed by atoms with Gasteiger partial charge in [0.05, 0.1) is 0 Å². The second-order valence-electron chi connectivity index (χ2n) is 4.62. The number of hydrogen-bond donors (Lipinski definition) is 1. The van der Waals surface area contributed by atoms with Gasteiger partial charge in [-0.05, 0) is 24.8 Å². The summed E-state index contributed by atoms with van der Waals surface area (Å²) in [6, 6.07) is 7.62. The first kappa shape index (κ1) is 11.3. The third-order valence-electron chi connectivity index (χ3n) is 3.44. The van der Waals surface area contributed by atoms with E-state index in [0.29, 0.717) is 18.4 Å². The molecule has 0 fully saturated rings. The number of unbranched alkanes of at least 4 members (excludes halogenated alkanes) is 1. The lowest BCUT2D eigenvalue weighted by Crippen LogP contribution is -2.42. The summed E-state index contributed by atoms with van der Waals surface area (Å²) in [5.41, 5.74) is 0.686. The lowest BCUT2D eigenvalue weighted by molar-refractivity contribution is 0.0186. The molecule has 1 aromatic carbocycles. The summed E-state index contributed by atoms with van der Waals surface area (Å²) in [6.07, 6.45) is 3.89. The first-order valence-corrected chi connectivity index (χ1v) is 6.02. The molecule has 1 aliphatic rings. The highest BCUT2D eigenvalue weighted by atomic mass is 16.3. The van der Waals surface area contributed by atoms with Crippen molar-refractivity contribution in [1.29, 1.82) is 0 Å². The molecule has 0 radical (unpaired) electrons. The zero-order valence-electron chi connectivity index (χ0n) is 9.70. The van der Waals surface area contributed by atoms with E-state index in [1.165, 1.54) is 0 Å². The molecule has 0 saturated carbocycles. The maximum Gasteiger partial charge on any atom is 0.194 e. The number of fused-ring (bicyclic) bond motifs is 1. The van der Waals surface area contributed by atoms with Gasteiger partial charge in [-0.15, -0.1) is 0 Å². The van der Waals surface area contributed by atoms with E-state index in [1.807, 2.05) is 24.3 Å². The molecule has 2 rings (SSSR count). The summed E-state index contributed by atoms with van der Waals surface area (Å²) in [7, 11) is 0. The average Bonchev–Trinajstić information content (AvgIpc) is 2.32. The molecule has 0 bridgehead atoms. The van der Waals surface area contributed by atoms with Crippen molar-refractivity contribution in [2.24, 2.45) is 0 Å². The summed E-state index contributed by atoms with van der Waals surface area (Å²) >= 11 is 0. The van der Waals surface area contributed by atoms with Crippen LogP contribution in [0.25, 0.3) is 0 Å². The Kier molecular flexibility index (Phi) is 3.10. The van der Waals surface area contributed by atoms with Crippen LogP contribution in [0.4, 0.5) is 0 Å². The van der Waals surface area contributed by atoms with Gasteiger partial charge in [-0.1, -0.05) is 44.0 Å². The van der Waals surface area contributed by atoms with E-state index in [9.17, 15) is 9.90 Å². The maximum atomic E-state index is 12.2. The summed E-state index contributed by atoms with van der Waals surface area (Å²) in [6.45, 7) is 2.07. The van der Waals surface area contributed by atoms with Crippen molar-refractivity contribution >= 4 is 5.78 Å². The number of Topliss-reactive ketones (excluding diaryl/α,β-unsaturated/α-hetero) is 1. The summed E-state index contributed by atoms with van der Waals surface area (Å²) in [5.74, 6) is -0.0807. The molecule has 1 aliphatic carbocycles. The van der Waals surface area contributed by atoms with Gasteiger partial charge in [-0.25, -0.2) is 0 Å². The first-order valence-electron chi connectivity index (χ1n) is 6.02. The Morgan fingerprint density at radius 2 is 2.12 bits per heavy atom. The quantitative estimate of drug-likeness (QED) is 0.847. The molecule has 0 unspecified atom stereocenters. The SMILES string of the molecule is CCCC[C@]1(O)CCc2ccccc2C1=O. The Bertz CT molecular complexity index is 397. The molecule has 1 N–H and O–H groups in total. The van der Waals surface area contributed by atoms with Crippen molar-refractivity contribution in [2.75, 3.05) is 0 Å². The molecule has 1 atom stereocenters. The van der Waals surface area contributed by atoms with Crippen LogP contribution >= 0.6 is 0 Å². The van der Waals surface area contributed by atoms with E-state index in [0.717, 1.165) is 24.8 Å². The van der Waals surface area contributed by atoms with Gasteiger partial charge in [-0.3, -0.25) is 4.79 Å². The van der Waals surface area contributed by atoms with E-state index in [-0.39, 0.29) is 5.78 Å². The number of carbonyl (C=O) groups excluding carboxylic acids is 1. The van der Waals surface area contributed by atoms with Crippen molar-refractivity contribution in [3.05, 3.63) is 35.4 Å². The van der Waals surface area contributed by atoms with E-state index >= 15 is 0 Å². The first-order chi connectivity index (χ1) is 7.67. The number of carbonyl (C=O) groups is 1. The van der Waals surface area contributed by atoms with Crippen molar-refractivity contribution < 1.29 is 9.90 Å². The topological polar surface area (TPSA) is 37.3 Å². The lowest BCUT2D eigenvalue weighted by Gasteiger charge is -2.31. The second kappa shape index (κ2) is 4.38. The standard InChI is InChI=1S/C14H18O2/c1-2-3-9-14(16)10-8-11-6-4-5-7-12(11)13(14)15/h4-7,16H,2-3,8-10H2,1H3/t14-/m0/s1. The van der Waals surface area contributed by atoms with Crippen molar-refractivity contribution in [3.63, 3.8) is 0 Å². The van der Waals surface area contributed by atoms with Gasteiger partial charge in [-0.2, -0.15) is 0 Å². The van der Waals surface area contributed by atoms with Gasteiger partial charge in [0.1, 0.15) is 5.60 Å². The number of hydrogen-bond acceptors (Lipinski definition) is 2. The zero-order chi connectivity index (χ0) is 11.6. The van der Waals surface area contributed by atoms with Crippen LogP contribution < -0.4 is 0 Å². The van der Waals surface area contributed by atoms with E-state index < -0.39 is 5.60 Å². The van der Waals surface area contributed by atoms with Gasteiger partial charge in [0.2, 0.25) is 0 Å². The van der Waals surface area contributed by atoms with Crippen LogP contribution in [0.15, 0.2) is 24.3 Å². The van der Waals surface area contributed by atoms with Crippen LogP contribution in [-0.4, -0.2) is 16.5 Å². The molecule has 2 heteroatoms. The number of aliphatic hydroxyl groups is 1. The Labute approximate surface area is 96.3 Å². The van der Waals surface area contributed by atoms with Crippen LogP contribution in [0.2, 0.25) is 0 Å². The summed E-state index contributed by atoms with van der Waals surface area (Å²) in [5, 5.41) is 10.4. The third-order valence-corrected chi connectivity index (χ3v) is 3.44. The van der Waals surface area contributed by atoms with Gasteiger partial charge in [0.25, 0.3) is 0 Å². The normalized spacial score (nSPS) is 24.2. The summed E-state index contributed by atoms with van der Waals surface area (Å²) in [4.78, 5) is 12.2. The molecule has 1 aromatic rings. The number of aryl methyl sites for hydroxylation is 1. The van der Waals surface area contributed by atoms with E-state index in [4.69, 9.17) is 0 Å². The molecule has 0 amide bonds. The Hall–Kier alpha value is -1.15. The predicted molar refractivity (Wildman–Crippen MR) is 63.6 cm³/mol. The maximum absolute atomic E-state index is 12.2. The Morgan fingerprint density at radius 1 is 1.38 bits per heavy atom. The fourth-order valence-corrected chi connectivity index (χ4v) is 2.37. The monoisotopic (exact) mass is 218 g/mol. The lowest BCUT2D eigenvalue weighted by atomic mass is 9.77.